The Hall–Kier alpha value is -2.32. The minimum Gasteiger partial charge on any atom is -0.481 e. The average molecular weight is 775 g/mol. The maximum atomic E-state index is 13.1. The molecule has 0 aliphatic carbocycles. The van der Waals surface area contributed by atoms with Crippen molar-refractivity contribution < 1.29 is 24.6 Å². The number of hydrogen-bond acceptors (Lipinski definition) is 5. The van der Waals surface area contributed by atoms with E-state index in [4.69, 9.17) is 0 Å². The van der Waals surface area contributed by atoms with E-state index in [1.54, 1.807) is 0 Å². The molecule has 0 aromatic carbocycles. The number of nitrogens with zero attached hydrogens (tertiary/aromatic N) is 1. The minimum absolute atomic E-state index is 0.345. The lowest BCUT2D eigenvalue weighted by Crippen LogP contribution is -2.52. The zero-order chi connectivity index (χ0) is 40.0. The number of allylic oxidation sites excluding steroid dienone is 8. The molecule has 54 heavy (non-hydrogen) atoms. The molecule has 8 heteroatoms. The number of thioether (sulfide) groups is 1. The van der Waals surface area contributed by atoms with Crippen LogP contribution in [0.25, 0.3) is 0 Å². The first kappa shape index (κ1) is 51.7. The van der Waals surface area contributed by atoms with Gasteiger partial charge in [0.25, 0.3) is 5.24 Å². The molecule has 0 saturated carbocycles. The van der Waals surface area contributed by atoms with Crippen LogP contribution < -0.4 is 5.32 Å². The zero-order valence-corrected chi connectivity index (χ0v) is 36.0. The van der Waals surface area contributed by atoms with Gasteiger partial charge in [0.2, 0.25) is 0 Å². The Morgan fingerprint density at radius 2 is 0.981 bits per heavy atom. The number of carboxylic acid groups (broad SMARTS) is 2. The van der Waals surface area contributed by atoms with Gasteiger partial charge in [-0.2, -0.15) is 0 Å². The average Bonchev–Trinajstić information content (AvgIpc) is 3.12. The number of carboxylic acids is 2. The third kappa shape index (κ3) is 30.9. The van der Waals surface area contributed by atoms with E-state index >= 15 is 0 Å². The largest absolute Gasteiger partial charge is 0.481 e. The van der Waals surface area contributed by atoms with E-state index in [0.717, 1.165) is 102 Å². The molecule has 0 aliphatic rings. The summed E-state index contributed by atoms with van der Waals surface area (Å²) >= 11 is 1.09. The van der Waals surface area contributed by atoms with Gasteiger partial charge in [-0.1, -0.05) is 164 Å². The van der Waals surface area contributed by atoms with Crippen molar-refractivity contribution in [1.82, 2.24) is 10.2 Å². The summed E-state index contributed by atoms with van der Waals surface area (Å²) in [6, 6.07) is -0.956. The first-order valence-corrected chi connectivity index (χ1v) is 22.8. The molecular formula is C46H82N2O5S. The molecule has 0 aromatic rings. The van der Waals surface area contributed by atoms with Crippen molar-refractivity contribution in [2.24, 2.45) is 5.41 Å². The van der Waals surface area contributed by atoms with E-state index < -0.39 is 29.8 Å². The van der Waals surface area contributed by atoms with Gasteiger partial charge < -0.3 is 20.4 Å². The molecule has 0 radical (unpaired) electrons. The van der Waals surface area contributed by atoms with Gasteiger partial charge in [0, 0.05) is 12.3 Å². The molecule has 0 rings (SSSR count). The smallest absolute Gasteiger partial charge is 0.311 e. The van der Waals surface area contributed by atoms with Crippen molar-refractivity contribution in [3.05, 3.63) is 48.6 Å². The Labute approximate surface area is 336 Å². The molecule has 1 atom stereocenters. The maximum Gasteiger partial charge on any atom is 0.311 e. The van der Waals surface area contributed by atoms with Crippen LogP contribution in [0.2, 0.25) is 0 Å². The fourth-order valence-electron chi connectivity index (χ4n) is 6.76. The lowest BCUT2D eigenvalue weighted by Gasteiger charge is -2.37. The summed E-state index contributed by atoms with van der Waals surface area (Å²) in [5.74, 6) is -1.52. The summed E-state index contributed by atoms with van der Waals surface area (Å²) in [4.78, 5) is 40.1. The molecule has 1 amide bonds. The van der Waals surface area contributed by atoms with Crippen molar-refractivity contribution in [3.8, 4) is 0 Å². The lowest BCUT2D eigenvalue weighted by atomic mass is 9.71. The van der Waals surface area contributed by atoms with Crippen LogP contribution in [0.4, 0.5) is 4.79 Å². The Balaban J connectivity index is 4.99. The molecular weight excluding hydrogens is 693 g/mol. The van der Waals surface area contributed by atoms with E-state index in [-0.39, 0.29) is 5.24 Å². The predicted octanol–water partition coefficient (Wildman–Crippen LogP) is 13.3. The van der Waals surface area contributed by atoms with Gasteiger partial charge in [0.1, 0.15) is 0 Å². The van der Waals surface area contributed by atoms with Crippen LogP contribution in [0.15, 0.2) is 48.6 Å². The summed E-state index contributed by atoms with van der Waals surface area (Å²) in [5.41, 5.74) is -1.30. The summed E-state index contributed by atoms with van der Waals surface area (Å²) in [6.45, 7) is 5.16. The second-order valence-electron chi connectivity index (χ2n) is 15.4. The third-order valence-electron chi connectivity index (χ3n) is 10.2. The number of amides is 1. The van der Waals surface area contributed by atoms with Crippen LogP contribution in [0.3, 0.4) is 0 Å². The van der Waals surface area contributed by atoms with Crippen LogP contribution in [0.5, 0.6) is 0 Å². The molecule has 0 heterocycles. The molecule has 7 nitrogen and oxygen atoms in total. The maximum absolute atomic E-state index is 13.1. The van der Waals surface area contributed by atoms with Crippen LogP contribution in [0, 0.1) is 5.41 Å². The number of carbonyl (C=O) groups is 3. The fourth-order valence-corrected chi connectivity index (χ4v) is 7.63. The summed E-state index contributed by atoms with van der Waals surface area (Å²) in [7, 11) is 3.86. The number of rotatable bonds is 38. The number of unbranched alkanes of at least 4 members (excludes halogenated alkanes) is 18. The van der Waals surface area contributed by atoms with Gasteiger partial charge in [-0.3, -0.25) is 14.4 Å². The van der Waals surface area contributed by atoms with Crippen molar-refractivity contribution in [1.29, 1.82) is 0 Å². The lowest BCUT2D eigenvalue weighted by molar-refractivity contribution is -0.153. The second-order valence-corrected chi connectivity index (χ2v) is 16.4. The van der Waals surface area contributed by atoms with E-state index in [9.17, 15) is 24.6 Å². The van der Waals surface area contributed by atoms with E-state index in [2.05, 4.69) is 67.8 Å². The van der Waals surface area contributed by atoms with Gasteiger partial charge >= 0.3 is 11.9 Å². The SMILES string of the molecule is CCCCC/C=C\C/C=C\CCCCCCCCC(CCCCCCCC/C=C\C/C=C\CCCCC)(C(=O)O)C(CC(=O)O)NC(=O)SCCN(C)C. The van der Waals surface area contributed by atoms with Crippen LogP contribution in [-0.2, 0) is 9.59 Å². The van der Waals surface area contributed by atoms with Crippen LogP contribution in [0.1, 0.15) is 187 Å². The highest BCUT2D eigenvalue weighted by molar-refractivity contribution is 8.13. The molecule has 312 valence electrons. The molecule has 1 unspecified atom stereocenters. The summed E-state index contributed by atoms with van der Waals surface area (Å²) in [6.07, 6.45) is 44.9. The first-order chi connectivity index (χ1) is 26.2. The Morgan fingerprint density at radius 3 is 1.35 bits per heavy atom. The highest BCUT2D eigenvalue weighted by Gasteiger charge is 2.46. The molecule has 3 N–H and O–H groups in total. The summed E-state index contributed by atoms with van der Waals surface area (Å²) in [5, 5.41) is 23.1. The fraction of sp³-hybridized carbons (Fsp3) is 0.761. The first-order valence-electron chi connectivity index (χ1n) is 21.8. The number of aliphatic carboxylic acids is 2. The Kier molecular flexibility index (Phi) is 36.0. The molecule has 0 fully saturated rings. The third-order valence-corrected chi connectivity index (χ3v) is 10.9. The minimum atomic E-state index is -1.30. The van der Waals surface area contributed by atoms with Crippen molar-refractivity contribution in [2.45, 2.75) is 193 Å². The molecule has 0 saturated heterocycles. The standard InChI is InChI=1S/C46H82N2O5S/c1-5-7-9-11-13-15-17-19-21-23-25-27-29-31-33-35-37-46(44(51)52,42(41-43(49)50)47-45(53)54-40-39-48(3)4)38-36-34-32-30-28-26-24-22-20-18-16-14-12-10-8-6-2/h13-16,19-22,42H,5-12,17-18,23-41H2,1-4H3,(H,47,53)(H,49,50)(H,51,52)/b15-13-,16-14-,21-19-,22-20-. The monoisotopic (exact) mass is 775 g/mol. The number of carbonyl (C=O) groups excluding carboxylic acids is 1. The Morgan fingerprint density at radius 1 is 0.593 bits per heavy atom. The number of nitrogens with one attached hydrogen (secondary N) is 1. The predicted molar refractivity (Wildman–Crippen MR) is 234 cm³/mol. The van der Waals surface area contributed by atoms with E-state index in [0.29, 0.717) is 38.0 Å². The van der Waals surface area contributed by atoms with Crippen LogP contribution in [-0.4, -0.2) is 64.7 Å². The van der Waals surface area contributed by atoms with Gasteiger partial charge in [-0.25, -0.2) is 0 Å². The molecule has 0 bridgehead atoms. The van der Waals surface area contributed by atoms with Crippen molar-refractivity contribution >= 4 is 28.9 Å². The normalized spacial score (nSPS) is 13.0. The van der Waals surface area contributed by atoms with Crippen LogP contribution >= 0.6 is 11.8 Å². The van der Waals surface area contributed by atoms with E-state index in [1.807, 2.05) is 19.0 Å². The quantitative estimate of drug-likeness (QED) is 0.0423. The number of hydrogen-bond donors (Lipinski definition) is 3. The van der Waals surface area contributed by atoms with Gasteiger partial charge in [-0.05, 0) is 91.1 Å². The highest BCUT2D eigenvalue weighted by Crippen LogP contribution is 2.38. The van der Waals surface area contributed by atoms with Crippen molar-refractivity contribution in [3.63, 3.8) is 0 Å². The van der Waals surface area contributed by atoms with Gasteiger partial charge in [0.15, 0.2) is 0 Å². The molecule has 0 aromatic heterocycles. The topological polar surface area (TPSA) is 107 Å². The highest BCUT2D eigenvalue weighted by atomic mass is 32.2. The Bertz CT molecular complexity index is 990. The molecule has 0 aliphatic heterocycles. The van der Waals surface area contributed by atoms with Crippen molar-refractivity contribution in [2.75, 3.05) is 26.4 Å². The van der Waals surface area contributed by atoms with E-state index in [1.165, 1.54) is 51.4 Å². The zero-order valence-electron chi connectivity index (χ0n) is 35.2. The second kappa shape index (κ2) is 37.6. The van der Waals surface area contributed by atoms with Gasteiger partial charge in [0.05, 0.1) is 17.9 Å². The van der Waals surface area contributed by atoms with Gasteiger partial charge in [-0.15, -0.1) is 0 Å². The summed E-state index contributed by atoms with van der Waals surface area (Å²) < 4.78 is 0. The molecule has 0 spiro atoms.